The van der Waals surface area contributed by atoms with Crippen LogP contribution in [-0.4, -0.2) is 78.2 Å². The maximum atomic E-state index is 14.0. The molecule has 10 nitrogen and oxygen atoms in total. The number of carbonyl (C=O) groups is 5. The molecule has 1 spiro atoms. The van der Waals surface area contributed by atoms with Gasteiger partial charge in [-0.2, -0.15) is 0 Å². The molecule has 3 N–H and O–H groups in total. The number of ketones is 1. The number of likely N-dealkylation sites (tertiary alicyclic amines) is 1. The average Bonchev–Trinajstić information content (AvgIpc) is 3.78. The van der Waals surface area contributed by atoms with Gasteiger partial charge in [0.2, 0.25) is 17.6 Å². The van der Waals surface area contributed by atoms with Gasteiger partial charge in [-0.15, -0.1) is 0 Å². The highest BCUT2D eigenvalue weighted by atomic mass is 19.3. The average molecular weight is 569 g/mol. The first-order valence-electron chi connectivity index (χ1n) is 14.3. The van der Waals surface area contributed by atoms with Crippen molar-refractivity contribution in [3.63, 3.8) is 0 Å². The molecule has 0 radical (unpaired) electrons. The topological polar surface area (TPSA) is 134 Å². The van der Waals surface area contributed by atoms with E-state index in [1.54, 1.807) is 20.8 Å². The number of Topliss-reactive ketones (excluding diaryl/α,β-unsaturated/α-hetero) is 1. The summed E-state index contributed by atoms with van der Waals surface area (Å²) in [4.78, 5) is 66.9. The molecule has 4 aliphatic rings. The normalized spacial score (nSPS) is 26.4. The molecule has 12 heteroatoms. The lowest BCUT2D eigenvalue weighted by atomic mass is 9.72. The Hall–Kier alpha value is -2.79. The first kappa shape index (κ1) is 30.2. The summed E-state index contributed by atoms with van der Waals surface area (Å²) in [6, 6.07) is -3.51. The molecule has 1 heterocycles. The Labute approximate surface area is 233 Å². The number of rotatable bonds is 9. The molecule has 0 aromatic heterocycles. The van der Waals surface area contributed by atoms with E-state index < -0.39 is 71.4 Å². The smallest absolute Gasteiger partial charge is 0.407 e. The van der Waals surface area contributed by atoms with Gasteiger partial charge in [0.15, 0.2) is 0 Å². The molecule has 1 saturated heterocycles. The minimum absolute atomic E-state index is 0.110. The molecular weight excluding hydrogens is 526 g/mol. The summed E-state index contributed by atoms with van der Waals surface area (Å²) >= 11 is 0. The van der Waals surface area contributed by atoms with E-state index in [9.17, 15) is 32.8 Å². The Kier molecular flexibility index (Phi) is 8.48. The predicted octanol–water partition coefficient (Wildman–Crippen LogP) is 2.69. The van der Waals surface area contributed by atoms with Gasteiger partial charge in [0.25, 0.3) is 11.8 Å². The van der Waals surface area contributed by atoms with E-state index in [1.165, 1.54) is 12.0 Å². The van der Waals surface area contributed by atoms with Crippen molar-refractivity contribution in [2.24, 2.45) is 16.7 Å². The van der Waals surface area contributed by atoms with Crippen molar-refractivity contribution in [1.82, 2.24) is 20.9 Å². The molecule has 3 saturated carbocycles. The van der Waals surface area contributed by atoms with E-state index >= 15 is 0 Å². The van der Waals surface area contributed by atoms with Crippen LogP contribution < -0.4 is 16.0 Å². The Morgan fingerprint density at radius 3 is 2.15 bits per heavy atom. The van der Waals surface area contributed by atoms with E-state index in [1.807, 2.05) is 0 Å². The lowest BCUT2D eigenvalue weighted by Crippen LogP contribution is -2.59. The lowest BCUT2D eigenvalue weighted by molar-refractivity contribution is -0.144. The number of halogens is 2. The van der Waals surface area contributed by atoms with Crippen molar-refractivity contribution in [3.05, 3.63) is 0 Å². The van der Waals surface area contributed by atoms with Crippen molar-refractivity contribution < 1.29 is 37.5 Å². The van der Waals surface area contributed by atoms with Crippen LogP contribution in [0.4, 0.5) is 13.6 Å². The third-order valence-electron chi connectivity index (χ3n) is 8.81. The van der Waals surface area contributed by atoms with Gasteiger partial charge in [-0.05, 0) is 49.4 Å². The number of hydrogen-bond acceptors (Lipinski definition) is 6. The van der Waals surface area contributed by atoms with Gasteiger partial charge in [-0.3, -0.25) is 19.2 Å². The maximum absolute atomic E-state index is 14.0. The van der Waals surface area contributed by atoms with Gasteiger partial charge >= 0.3 is 6.09 Å². The molecule has 0 bridgehead atoms. The van der Waals surface area contributed by atoms with E-state index in [2.05, 4.69) is 16.0 Å². The maximum Gasteiger partial charge on any atom is 0.407 e. The molecular formula is C28H42F2N4O6. The van der Waals surface area contributed by atoms with Gasteiger partial charge in [-0.25, -0.2) is 13.6 Å². The minimum Gasteiger partial charge on any atom is -0.453 e. The second-order valence-electron chi connectivity index (χ2n) is 13.3. The van der Waals surface area contributed by atoms with Crippen LogP contribution in [0.2, 0.25) is 0 Å². The Bertz CT molecular complexity index is 1030. The Balaban J connectivity index is 1.57. The summed E-state index contributed by atoms with van der Waals surface area (Å²) in [5, 5.41) is 7.77. The van der Waals surface area contributed by atoms with Crippen LogP contribution in [0.3, 0.4) is 0 Å². The summed E-state index contributed by atoms with van der Waals surface area (Å²) in [6.45, 7) is 5.67. The number of hydrogen-bond donors (Lipinski definition) is 3. The fraction of sp³-hybridized carbons (Fsp3) is 0.821. The van der Waals surface area contributed by atoms with Crippen LogP contribution in [0.15, 0.2) is 0 Å². The minimum atomic E-state index is -2.93. The van der Waals surface area contributed by atoms with Crippen molar-refractivity contribution in [3.8, 4) is 0 Å². The van der Waals surface area contributed by atoms with Crippen molar-refractivity contribution >= 4 is 29.6 Å². The molecule has 4 amide bonds. The molecule has 224 valence electrons. The molecule has 4 rings (SSSR count). The molecule has 3 aliphatic carbocycles. The second kappa shape index (κ2) is 11.2. The highest BCUT2D eigenvalue weighted by Crippen LogP contribution is 2.51. The number of carbonyl (C=O) groups excluding carboxylic acids is 5. The number of nitrogens with one attached hydrogen (secondary N) is 3. The molecule has 0 aromatic carbocycles. The summed E-state index contributed by atoms with van der Waals surface area (Å²) < 4.78 is 32.3. The van der Waals surface area contributed by atoms with Gasteiger partial charge in [-0.1, -0.05) is 40.0 Å². The second-order valence-corrected chi connectivity index (χ2v) is 13.3. The predicted molar refractivity (Wildman–Crippen MR) is 140 cm³/mol. The first-order chi connectivity index (χ1) is 18.7. The monoisotopic (exact) mass is 568 g/mol. The molecule has 40 heavy (non-hydrogen) atoms. The zero-order valence-electron chi connectivity index (χ0n) is 23.8. The fourth-order valence-electron chi connectivity index (χ4n) is 6.13. The van der Waals surface area contributed by atoms with Crippen molar-refractivity contribution in [2.45, 2.75) is 115 Å². The third-order valence-corrected chi connectivity index (χ3v) is 8.81. The van der Waals surface area contributed by atoms with E-state index in [-0.39, 0.29) is 17.9 Å². The molecule has 4 atom stereocenters. The van der Waals surface area contributed by atoms with Crippen LogP contribution in [-0.2, 0) is 23.9 Å². The largest absolute Gasteiger partial charge is 0.453 e. The number of ether oxygens (including phenoxy) is 1. The summed E-state index contributed by atoms with van der Waals surface area (Å²) in [6.07, 6.45) is 4.93. The zero-order valence-corrected chi connectivity index (χ0v) is 23.8. The molecule has 0 aromatic rings. The number of methoxy groups -OCH3 is 1. The van der Waals surface area contributed by atoms with Gasteiger partial charge in [0, 0.05) is 24.9 Å². The standard InChI is InChI=1S/C28H42F2N4O6/c1-26(2,3)21(33-25(39)40-4)24(38)34-15-27(10-6-5-7-11-27)14-19(34)22(36)32-18(12-16-13-28(16,29)30)20(35)23(37)31-17-8-9-17/h16-19,21H,5-15H2,1-4H3,(H,31,37)(H,32,36)(H,33,39)/t16?,18-,19-,21+/m0/s1. The van der Waals surface area contributed by atoms with Crippen LogP contribution in [0.5, 0.6) is 0 Å². The van der Waals surface area contributed by atoms with E-state index in [0.29, 0.717) is 13.0 Å². The molecule has 1 aliphatic heterocycles. The first-order valence-corrected chi connectivity index (χ1v) is 14.3. The quantitative estimate of drug-likeness (QED) is 0.366. The number of alkyl halides is 2. The van der Waals surface area contributed by atoms with E-state index in [0.717, 1.165) is 44.9 Å². The molecule has 1 unspecified atom stereocenters. The SMILES string of the molecule is COC(=O)N[C@H](C(=O)N1CC2(CCCCC2)C[C@H]1C(=O)N[C@@H](CC1CC1(F)F)C(=O)C(=O)NC1CC1)C(C)(C)C. The highest BCUT2D eigenvalue weighted by molar-refractivity contribution is 6.38. The zero-order chi connectivity index (χ0) is 29.5. The van der Waals surface area contributed by atoms with Gasteiger partial charge < -0.3 is 25.6 Å². The number of alkyl carbamates (subject to hydrolysis) is 1. The Morgan fingerprint density at radius 2 is 1.62 bits per heavy atom. The molecule has 4 fully saturated rings. The lowest BCUT2D eigenvalue weighted by Gasteiger charge is -2.36. The van der Waals surface area contributed by atoms with Gasteiger partial charge in [0.05, 0.1) is 13.2 Å². The van der Waals surface area contributed by atoms with Crippen molar-refractivity contribution in [2.75, 3.05) is 13.7 Å². The number of amides is 4. The van der Waals surface area contributed by atoms with Crippen molar-refractivity contribution in [1.29, 1.82) is 0 Å². The van der Waals surface area contributed by atoms with Crippen LogP contribution >= 0.6 is 0 Å². The Morgan fingerprint density at radius 1 is 1.00 bits per heavy atom. The summed E-state index contributed by atoms with van der Waals surface area (Å²) in [5.74, 6) is -6.99. The fourth-order valence-corrected chi connectivity index (χ4v) is 6.13. The summed E-state index contributed by atoms with van der Waals surface area (Å²) in [5.41, 5.74) is -1.01. The summed E-state index contributed by atoms with van der Waals surface area (Å²) in [7, 11) is 1.20. The third kappa shape index (κ3) is 6.91. The van der Waals surface area contributed by atoms with E-state index in [4.69, 9.17) is 4.74 Å². The van der Waals surface area contributed by atoms with Crippen LogP contribution in [0.1, 0.15) is 85.0 Å². The van der Waals surface area contributed by atoms with Crippen LogP contribution in [0, 0.1) is 16.7 Å². The van der Waals surface area contributed by atoms with Crippen LogP contribution in [0.25, 0.3) is 0 Å². The highest BCUT2D eigenvalue weighted by Gasteiger charge is 2.58. The number of nitrogens with zero attached hydrogens (tertiary/aromatic N) is 1. The van der Waals surface area contributed by atoms with Gasteiger partial charge in [0.1, 0.15) is 12.1 Å².